The fourth-order valence-corrected chi connectivity index (χ4v) is 2.36. The van der Waals surface area contributed by atoms with Crippen LogP contribution in [0.3, 0.4) is 0 Å². The lowest BCUT2D eigenvalue weighted by atomic mass is 10.1. The summed E-state index contributed by atoms with van der Waals surface area (Å²) in [6.45, 7) is 2.08. The molecule has 2 aromatic rings. The van der Waals surface area contributed by atoms with Crippen molar-refractivity contribution >= 4 is 23.3 Å². The number of aryl methyl sites for hydroxylation is 1. The van der Waals surface area contributed by atoms with E-state index in [1.165, 1.54) is 5.56 Å². The Labute approximate surface area is 129 Å². The Morgan fingerprint density at radius 2 is 1.95 bits per heavy atom. The molecule has 2 N–H and O–H groups in total. The maximum Gasteiger partial charge on any atom is 0.337 e. The van der Waals surface area contributed by atoms with Crippen LogP contribution in [0.4, 0.5) is 5.69 Å². The number of rotatable bonds is 6. The summed E-state index contributed by atoms with van der Waals surface area (Å²) in [5, 5.41) is 12.6. The SMILES string of the molecule is CC(CCc1ccccc1)Nc1ccc(Cl)c(C(=O)O)c1. The van der Waals surface area contributed by atoms with Crippen LogP contribution in [0.1, 0.15) is 29.3 Å². The van der Waals surface area contributed by atoms with E-state index in [4.69, 9.17) is 16.7 Å². The van der Waals surface area contributed by atoms with E-state index in [-0.39, 0.29) is 16.6 Å². The van der Waals surface area contributed by atoms with Crippen LogP contribution < -0.4 is 5.32 Å². The molecule has 1 atom stereocenters. The maximum atomic E-state index is 11.1. The Kier molecular flexibility index (Phi) is 5.23. The lowest BCUT2D eigenvalue weighted by Crippen LogP contribution is -2.16. The number of benzene rings is 2. The average Bonchev–Trinajstić information content (AvgIpc) is 2.48. The molecular formula is C17H18ClNO2. The lowest BCUT2D eigenvalue weighted by Gasteiger charge is -2.16. The molecule has 2 aromatic carbocycles. The topological polar surface area (TPSA) is 49.3 Å². The van der Waals surface area contributed by atoms with E-state index in [1.807, 2.05) is 18.2 Å². The molecule has 0 saturated heterocycles. The van der Waals surface area contributed by atoms with E-state index in [9.17, 15) is 4.79 Å². The third kappa shape index (κ3) is 4.50. The smallest absolute Gasteiger partial charge is 0.337 e. The fourth-order valence-electron chi connectivity index (χ4n) is 2.16. The fraction of sp³-hybridized carbons (Fsp3) is 0.235. The van der Waals surface area contributed by atoms with E-state index in [2.05, 4.69) is 24.4 Å². The predicted molar refractivity (Wildman–Crippen MR) is 86.3 cm³/mol. The maximum absolute atomic E-state index is 11.1. The predicted octanol–water partition coefficient (Wildman–Crippen LogP) is 4.47. The Balaban J connectivity index is 1.95. The highest BCUT2D eigenvalue weighted by molar-refractivity contribution is 6.33. The highest BCUT2D eigenvalue weighted by Gasteiger charge is 2.10. The van der Waals surface area contributed by atoms with Crippen LogP contribution in [0, 0.1) is 0 Å². The molecule has 0 spiro atoms. The number of anilines is 1. The number of carboxylic acid groups (broad SMARTS) is 1. The van der Waals surface area contributed by atoms with Gasteiger partial charge < -0.3 is 10.4 Å². The van der Waals surface area contributed by atoms with Gasteiger partial charge in [-0.25, -0.2) is 4.79 Å². The largest absolute Gasteiger partial charge is 0.478 e. The van der Waals surface area contributed by atoms with Gasteiger partial charge in [0.25, 0.3) is 0 Å². The first-order valence-electron chi connectivity index (χ1n) is 6.89. The minimum absolute atomic E-state index is 0.122. The quantitative estimate of drug-likeness (QED) is 0.827. The molecule has 0 saturated carbocycles. The number of halogens is 1. The zero-order valence-corrected chi connectivity index (χ0v) is 12.6. The van der Waals surface area contributed by atoms with E-state index in [0.29, 0.717) is 0 Å². The first-order chi connectivity index (χ1) is 10.1. The number of hydrogen-bond donors (Lipinski definition) is 2. The molecule has 0 aromatic heterocycles. The average molecular weight is 304 g/mol. The van der Waals surface area contributed by atoms with Gasteiger partial charge >= 0.3 is 5.97 Å². The van der Waals surface area contributed by atoms with Gasteiger partial charge in [0.2, 0.25) is 0 Å². The Morgan fingerprint density at radius 1 is 1.24 bits per heavy atom. The van der Waals surface area contributed by atoms with Gasteiger partial charge in [-0.1, -0.05) is 41.9 Å². The van der Waals surface area contributed by atoms with Gasteiger partial charge in [-0.2, -0.15) is 0 Å². The molecule has 0 radical (unpaired) electrons. The van der Waals surface area contributed by atoms with Gasteiger partial charge in [-0.05, 0) is 43.5 Å². The van der Waals surface area contributed by atoms with Crippen molar-refractivity contribution in [3.63, 3.8) is 0 Å². The van der Waals surface area contributed by atoms with E-state index >= 15 is 0 Å². The first kappa shape index (κ1) is 15.4. The van der Waals surface area contributed by atoms with Crippen molar-refractivity contribution < 1.29 is 9.90 Å². The first-order valence-corrected chi connectivity index (χ1v) is 7.27. The second kappa shape index (κ2) is 7.14. The van der Waals surface area contributed by atoms with Crippen LogP contribution >= 0.6 is 11.6 Å². The third-order valence-electron chi connectivity index (χ3n) is 3.32. The van der Waals surface area contributed by atoms with Crippen molar-refractivity contribution in [2.75, 3.05) is 5.32 Å². The van der Waals surface area contributed by atoms with Gasteiger partial charge in [-0.3, -0.25) is 0 Å². The molecule has 4 heteroatoms. The van der Waals surface area contributed by atoms with Gasteiger partial charge in [0, 0.05) is 11.7 Å². The van der Waals surface area contributed by atoms with Crippen LogP contribution in [-0.2, 0) is 6.42 Å². The molecule has 0 amide bonds. The van der Waals surface area contributed by atoms with Crippen LogP contribution in [0.15, 0.2) is 48.5 Å². The summed E-state index contributed by atoms with van der Waals surface area (Å²) in [5.74, 6) is -1.01. The molecular weight excluding hydrogens is 286 g/mol. The highest BCUT2D eigenvalue weighted by Crippen LogP contribution is 2.21. The summed E-state index contributed by atoms with van der Waals surface area (Å²) in [6, 6.07) is 15.5. The summed E-state index contributed by atoms with van der Waals surface area (Å²) in [7, 11) is 0. The molecule has 0 aliphatic rings. The van der Waals surface area contributed by atoms with Crippen LogP contribution in [0.25, 0.3) is 0 Å². The van der Waals surface area contributed by atoms with Crippen LogP contribution in [-0.4, -0.2) is 17.1 Å². The molecule has 2 rings (SSSR count). The van der Waals surface area contributed by atoms with Gasteiger partial charge in [0.05, 0.1) is 10.6 Å². The molecule has 0 aliphatic heterocycles. The highest BCUT2D eigenvalue weighted by atomic mass is 35.5. The minimum atomic E-state index is -1.01. The molecule has 3 nitrogen and oxygen atoms in total. The summed E-state index contributed by atoms with van der Waals surface area (Å²) in [5.41, 5.74) is 2.20. The van der Waals surface area contributed by atoms with Crippen molar-refractivity contribution in [3.8, 4) is 0 Å². The van der Waals surface area contributed by atoms with E-state index < -0.39 is 5.97 Å². The number of nitrogens with one attached hydrogen (secondary N) is 1. The summed E-state index contributed by atoms with van der Waals surface area (Å²) < 4.78 is 0. The number of aromatic carboxylic acids is 1. The van der Waals surface area contributed by atoms with Crippen molar-refractivity contribution in [1.29, 1.82) is 0 Å². The standard InChI is InChI=1S/C17H18ClNO2/c1-12(7-8-13-5-3-2-4-6-13)19-14-9-10-16(18)15(11-14)17(20)21/h2-6,9-12,19H,7-8H2,1H3,(H,20,21). The molecule has 0 fully saturated rings. The number of carboxylic acids is 1. The minimum Gasteiger partial charge on any atom is -0.478 e. The Bertz CT molecular complexity index is 613. The van der Waals surface area contributed by atoms with E-state index in [1.54, 1.807) is 18.2 Å². The van der Waals surface area contributed by atoms with Gasteiger partial charge in [0.15, 0.2) is 0 Å². The van der Waals surface area contributed by atoms with Crippen molar-refractivity contribution in [2.24, 2.45) is 0 Å². The Hall–Kier alpha value is -2.00. The molecule has 0 heterocycles. The molecule has 110 valence electrons. The summed E-state index contributed by atoms with van der Waals surface area (Å²) in [4.78, 5) is 11.1. The second-order valence-electron chi connectivity index (χ2n) is 5.07. The normalized spacial score (nSPS) is 11.9. The monoisotopic (exact) mass is 303 g/mol. The third-order valence-corrected chi connectivity index (χ3v) is 3.65. The zero-order valence-electron chi connectivity index (χ0n) is 11.8. The van der Waals surface area contributed by atoms with Gasteiger partial charge in [-0.15, -0.1) is 0 Å². The molecule has 21 heavy (non-hydrogen) atoms. The van der Waals surface area contributed by atoms with Gasteiger partial charge in [0.1, 0.15) is 0 Å². The number of carbonyl (C=O) groups is 1. The van der Waals surface area contributed by atoms with E-state index in [0.717, 1.165) is 18.5 Å². The van der Waals surface area contributed by atoms with Crippen molar-refractivity contribution in [2.45, 2.75) is 25.8 Å². The van der Waals surface area contributed by atoms with Crippen molar-refractivity contribution in [3.05, 3.63) is 64.7 Å². The van der Waals surface area contributed by atoms with Crippen LogP contribution in [0.5, 0.6) is 0 Å². The Morgan fingerprint density at radius 3 is 2.62 bits per heavy atom. The summed E-state index contributed by atoms with van der Waals surface area (Å²) in [6.07, 6.45) is 1.95. The second-order valence-corrected chi connectivity index (χ2v) is 5.48. The number of hydrogen-bond acceptors (Lipinski definition) is 2. The zero-order chi connectivity index (χ0) is 15.2. The van der Waals surface area contributed by atoms with Crippen molar-refractivity contribution in [1.82, 2.24) is 0 Å². The molecule has 0 bridgehead atoms. The molecule has 1 unspecified atom stereocenters. The molecule has 0 aliphatic carbocycles. The lowest BCUT2D eigenvalue weighted by molar-refractivity contribution is 0.0697. The summed E-state index contributed by atoms with van der Waals surface area (Å²) >= 11 is 5.86. The van der Waals surface area contributed by atoms with Crippen LogP contribution in [0.2, 0.25) is 5.02 Å².